The molecular formula is C12H13ClF3NO. The Morgan fingerprint density at radius 3 is 2.28 bits per heavy atom. The summed E-state index contributed by atoms with van der Waals surface area (Å²) in [7, 11) is 0. The number of halogens is 4. The lowest BCUT2D eigenvalue weighted by atomic mass is 10.0. The quantitative estimate of drug-likeness (QED) is 0.896. The molecule has 1 saturated carbocycles. The largest absolute Gasteiger partial charge is 0.573 e. The summed E-state index contributed by atoms with van der Waals surface area (Å²) >= 11 is 5.78. The van der Waals surface area contributed by atoms with Crippen LogP contribution in [0.25, 0.3) is 0 Å². The van der Waals surface area contributed by atoms with Crippen LogP contribution in [0.15, 0.2) is 18.2 Å². The number of nitrogens with two attached hydrogens (primary N) is 1. The van der Waals surface area contributed by atoms with Crippen molar-refractivity contribution < 1.29 is 17.9 Å². The number of benzene rings is 1. The van der Waals surface area contributed by atoms with Gasteiger partial charge in [-0.05, 0) is 23.1 Å². The summed E-state index contributed by atoms with van der Waals surface area (Å²) in [6.07, 6.45) is -4.74. The maximum Gasteiger partial charge on any atom is 0.573 e. The second-order valence-electron chi connectivity index (χ2n) is 5.06. The fourth-order valence-electron chi connectivity index (χ4n) is 2.23. The lowest BCUT2D eigenvalue weighted by Crippen LogP contribution is -2.17. The standard InChI is InChI=1S/C12H13ClF3NO/c1-11(2)9(10(11)17)6-3-4-8(7(13)5-6)18-12(14,15)16/h3-5,9-10H,17H2,1-2H3. The minimum atomic E-state index is -4.74. The van der Waals surface area contributed by atoms with Gasteiger partial charge in [-0.25, -0.2) is 0 Å². The third-order valence-electron chi connectivity index (χ3n) is 3.45. The van der Waals surface area contributed by atoms with Crippen molar-refractivity contribution in [1.29, 1.82) is 0 Å². The molecule has 2 nitrogen and oxygen atoms in total. The Balaban J connectivity index is 2.22. The molecule has 0 heterocycles. The van der Waals surface area contributed by atoms with E-state index in [-0.39, 0.29) is 28.1 Å². The molecule has 1 fully saturated rings. The van der Waals surface area contributed by atoms with Crippen molar-refractivity contribution in [3.05, 3.63) is 28.8 Å². The van der Waals surface area contributed by atoms with E-state index in [1.807, 2.05) is 13.8 Å². The molecule has 0 spiro atoms. The highest BCUT2D eigenvalue weighted by molar-refractivity contribution is 6.32. The van der Waals surface area contributed by atoms with Crippen LogP contribution in [-0.4, -0.2) is 12.4 Å². The molecule has 0 aliphatic heterocycles. The van der Waals surface area contributed by atoms with Crippen molar-refractivity contribution in [2.75, 3.05) is 0 Å². The number of ether oxygens (including phenoxy) is 1. The minimum absolute atomic E-state index is 0.00273. The molecule has 1 aromatic rings. The van der Waals surface area contributed by atoms with Crippen LogP contribution in [0.1, 0.15) is 25.3 Å². The predicted octanol–water partition coefficient (Wildman–Crippen LogP) is 3.69. The van der Waals surface area contributed by atoms with Crippen LogP contribution in [-0.2, 0) is 0 Å². The highest BCUT2D eigenvalue weighted by Gasteiger charge is 2.56. The van der Waals surface area contributed by atoms with E-state index in [9.17, 15) is 13.2 Å². The molecule has 0 amide bonds. The van der Waals surface area contributed by atoms with Gasteiger partial charge >= 0.3 is 6.36 Å². The van der Waals surface area contributed by atoms with Gasteiger partial charge in [-0.3, -0.25) is 0 Å². The maximum atomic E-state index is 12.1. The molecule has 1 aliphatic rings. The fraction of sp³-hybridized carbons (Fsp3) is 0.500. The lowest BCUT2D eigenvalue weighted by molar-refractivity contribution is -0.274. The van der Waals surface area contributed by atoms with E-state index in [1.165, 1.54) is 12.1 Å². The van der Waals surface area contributed by atoms with Crippen LogP contribution in [0.5, 0.6) is 5.75 Å². The fourth-order valence-corrected chi connectivity index (χ4v) is 2.46. The van der Waals surface area contributed by atoms with Gasteiger partial charge in [0, 0.05) is 12.0 Å². The van der Waals surface area contributed by atoms with Crippen LogP contribution < -0.4 is 10.5 Å². The summed E-state index contributed by atoms with van der Waals surface area (Å²) in [5, 5.41) is -0.0558. The first-order valence-corrected chi connectivity index (χ1v) is 5.81. The lowest BCUT2D eigenvalue weighted by Gasteiger charge is -2.11. The average molecular weight is 280 g/mol. The zero-order chi connectivity index (χ0) is 13.7. The van der Waals surface area contributed by atoms with Crippen LogP contribution in [0.2, 0.25) is 5.02 Å². The first kappa shape index (κ1) is 13.5. The molecule has 18 heavy (non-hydrogen) atoms. The van der Waals surface area contributed by atoms with Gasteiger partial charge in [0.1, 0.15) is 5.75 Å². The third-order valence-corrected chi connectivity index (χ3v) is 3.75. The Morgan fingerprint density at radius 1 is 1.33 bits per heavy atom. The zero-order valence-corrected chi connectivity index (χ0v) is 10.6. The maximum absolute atomic E-state index is 12.1. The molecule has 0 bridgehead atoms. The molecule has 2 unspecified atom stereocenters. The predicted molar refractivity (Wildman–Crippen MR) is 62.6 cm³/mol. The number of alkyl halides is 3. The van der Waals surface area contributed by atoms with E-state index in [0.29, 0.717) is 0 Å². The van der Waals surface area contributed by atoms with Gasteiger partial charge in [0.2, 0.25) is 0 Å². The molecule has 2 N–H and O–H groups in total. The first-order chi connectivity index (χ1) is 8.13. The van der Waals surface area contributed by atoms with E-state index in [2.05, 4.69) is 4.74 Å². The van der Waals surface area contributed by atoms with Crippen molar-refractivity contribution in [2.45, 2.75) is 32.2 Å². The summed E-state index contributed by atoms with van der Waals surface area (Å²) in [6.45, 7) is 4.02. The molecule has 6 heteroatoms. The Hall–Kier alpha value is -0.940. The van der Waals surface area contributed by atoms with E-state index >= 15 is 0 Å². The van der Waals surface area contributed by atoms with Gasteiger partial charge in [-0.1, -0.05) is 31.5 Å². The van der Waals surface area contributed by atoms with Crippen LogP contribution in [0.4, 0.5) is 13.2 Å². The summed E-state index contributed by atoms with van der Waals surface area (Å²) in [4.78, 5) is 0. The van der Waals surface area contributed by atoms with E-state index in [4.69, 9.17) is 17.3 Å². The Bertz CT molecular complexity index is 473. The van der Waals surface area contributed by atoms with Crippen molar-refractivity contribution >= 4 is 11.6 Å². The number of hydrogen-bond donors (Lipinski definition) is 1. The van der Waals surface area contributed by atoms with Crippen LogP contribution >= 0.6 is 11.6 Å². The minimum Gasteiger partial charge on any atom is -0.404 e. The van der Waals surface area contributed by atoms with Crippen LogP contribution in [0, 0.1) is 5.41 Å². The normalized spacial score (nSPS) is 25.9. The molecule has 100 valence electrons. The smallest absolute Gasteiger partial charge is 0.404 e. The molecule has 0 radical (unpaired) electrons. The molecule has 1 aromatic carbocycles. The van der Waals surface area contributed by atoms with Crippen molar-refractivity contribution in [3.8, 4) is 5.75 Å². The molecule has 0 aromatic heterocycles. The molecule has 0 saturated heterocycles. The van der Waals surface area contributed by atoms with E-state index in [0.717, 1.165) is 5.56 Å². The highest BCUT2D eigenvalue weighted by Crippen LogP contribution is 2.57. The van der Waals surface area contributed by atoms with Gasteiger partial charge in [0.05, 0.1) is 5.02 Å². The number of rotatable bonds is 2. The van der Waals surface area contributed by atoms with Gasteiger partial charge < -0.3 is 10.5 Å². The molecular weight excluding hydrogens is 267 g/mol. The van der Waals surface area contributed by atoms with Crippen LogP contribution in [0.3, 0.4) is 0 Å². The Morgan fingerprint density at radius 2 is 1.89 bits per heavy atom. The SMILES string of the molecule is CC1(C)C(N)C1c1ccc(OC(F)(F)F)c(Cl)c1. The topological polar surface area (TPSA) is 35.2 Å². The van der Waals surface area contributed by atoms with Crippen molar-refractivity contribution in [2.24, 2.45) is 11.1 Å². The van der Waals surface area contributed by atoms with E-state index in [1.54, 1.807) is 6.07 Å². The monoisotopic (exact) mass is 279 g/mol. The summed E-state index contributed by atoms with van der Waals surface area (Å²) < 4.78 is 40.0. The van der Waals surface area contributed by atoms with Gasteiger partial charge in [0.15, 0.2) is 0 Å². The summed E-state index contributed by atoms with van der Waals surface area (Å²) in [5.41, 5.74) is 6.71. The second kappa shape index (κ2) is 4.03. The highest BCUT2D eigenvalue weighted by atomic mass is 35.5. The van der Waals surface area contributed by atoms with Gasteiger partial charge in [0.25, 0.3) is 0 Å². The summed E-state index contributed by atoms with van der Waals surface area (Å²) in [5.74, 6) is -0.269. The Labute approximate surface area is 108 Å². The molecule has 1 aliphatic carbocycles. The Kier molecular flexibility index (Phi) is 3.02. The van der Waals surface area contributed by atoms with E-state index < -0.39 is 6.36 Å². The summed E-state index contributed by atoms with van der Waals surface area (Å²) in [6, 6.07) is 4.29. The number of hydrogen-bond acceptors (Lipinski definition) is 2. The molecule has 2 rings (SSSR count). The van der Waals surface area contributed by atoms with Gasteiger partial charge in [-0.2, -0.15) is 0 Å². The average Bonchev–Trinajstić information content (AvgIpc) is 2.68. The van der Waals surface area contributed by atoms with Crippen molar-refractivity contribution in [3.63, 3.8) is 0 Å². The second-order valence-corrected chi connectivity index (χ2v) is 5.47. The third kappa shape index (κ3) is 2.42. The molecule has 2 atom stereocenters. The first-order valence-electron chi connectivity index (χ1n) is 5.43. The van der Waals surface area contributed by atoms with Crippen molar-refractivity contribution in [1.82, 2.24) is 0 Å². The zero-order valence-electron chi connectivity index (χ0n) is 9.88. The van der Waals surface area contributed by atoms with Gasteiger partial charge in [-0.15, -0.1) is 13.2 Å².